The average molecular weight is 678 g/mol. The van der Waals surface area contributed by atoms with E-state index in [1.807, 2.05) is 12.1 Å². The maximum absolute atomic E-state index is 6.64. The summed E-state index contributed by atoms with van der Waals surface area (Å²) >= 11 is 0. The lowest BCUT2D eigenvalue weighted by molar-refractivity contribution is 0.669. The molecule has 0 spiro atoms. The van der Waals surface area contributed by atoms with Crippen LogP contribution in [0.4, 0.5) is 17.1 Å². The molecule has 9 aromatic carbocycles. The number of hydrogen-bond acceptors (Lipinski definition) is 3. The number of hydrogen-bond donors (Lipinski definition) is 0. The number of rotatable bonds is 5. The summed E-state index contributed by atoms with van der Waals surface area (Å²) in [5.41, 5.74) is 11.3. The zero-order chi connectivity index (χ0) is 34.9. The minimum Gasteiger partial charge on any atom is -0.456 e. The van der Waals surface area contributed by atoms with Gasteiger partial charge in [0.05, 0.1) is 11.1 Å². The van der Waals surface area contributed by atoms with Crippen LogP contribution in [-0.2, 0) is 0 Å². The lowest BCUT2D eigenvalue weighted by Crippen LogP contribution is -2.10. The van der Waals surface area contributed by atoms with Crippen molar-refractivity contribution in [3.8, 4) is 22.3 Å². The normalized spacial score (nSPS) is 11.8. The summed E-state index contributed by atoms with van der Waals surface area (Å²) in [6, 6.07) is 66.8. The standard InChI is InChI=1S/C50H31NO2/c1-2-11-35-30-38(20-19-32(35)9-1)37-13-7-12-36(29-37)33-21-24-39(25-22-33)51(40-26-28-43-42-15-5-6-17-46(42)52-48(43)31-40)45-16-8-18-47-49(45)44-27-23-34-10-3-4-14-41(34)50(44)53-47/h1-31H. The van der Waals surface area contributed by atoms with Crippen molar-refractivity contribution in [2.75, 3.05) is 4.90 Å². The van der Waals surface area contributed by atoms with Crippen LogP contribution in [0.5, 0.6) is 0 Å². The van der Waals surface area contributed by atoms with Crippen molar-refractivity contribution in [1.29, 1.82) is 0 Å². The highest BCUT2D eigenvalue weighted by Crippen LogP contribution is 2.45. The second-order valence-electron chi connectivity index (χ2n) is 13.7. The van der Waals surface area contributed by atoms with Crippen LogP contribution in [0.3, 0.4) is 0 Å². The molecule has 11 aromatic rings. The van der Waals surface area contributed by atoms with Gasteiger partial charge >= 0.3 is 0 Å². The molecule has 0 aliphatic rings. The molecule has 0 unspecified atom stereocenters. The average Bonchev–Trinajstić information content (AvgIpc) is 3.80. The van der Waals surface area contributed by atoms with Crippen LogP contribution in [0.1, 0.15) is 0 Å². The highest BCUT2D eigenvalue weighted by Gasteiger charge is 2.21. The van der Waals surface area contributed by atoms with Crippen LogP contribution in [0.25, 0.3) is 87.7 Å². The number of fused-ring (bicyclic) bond motifs is 9. The van der Waals surface area contributed by atoms with Crippen LogP contribution < -0.4 is 4.90 Å². The van der Waals surface area contributed by atoms with Gasteiger partial charge in [0.15, 0.2) is 0 Å². The third-order valence-corrected chi connectivity index (χ3v) is 10.6. The Morgan fingerprint density at radius 3 is 1.83 bits per heavy atom. The van der Waals surface area contributed by atoms with E-state index in [9.17, 15) is 0 Å². The molecule has 0 saturated carbocycles. The molecule has 0 aliphatic heterocycles. The summed E-state index contributed by atoms with van der Waals surface area (Å²) in [5, 5.41) is 9.14. The van der Waals surface area contributed by atoms with Gasteiger partial charge < -0.3 is 13.7 Å². The van der Waals surface area contributed by atoms with Gasteiger partial charge in [-0.3, -0.25) is 0 Å². The van der Waals surface area contributed by atoms with E-state index in [-0.39, 0.29) is 0 Å². The van der Waals surface area contributed by atoms with Crippen molar-refractivity contribution in [3.63, 3.8) is 0 Å². The summed E-state index contributed by atoms with van der Waals surface area (Å²) in [7, 11) is 0. The predicted molar refractivity (Wildman–Crippen MR) is 222 cm³/mol. The molecule has 3 heteroatoms. The Balaban J connectivity index is 1.07. The van der Waals surface area contributed by atoms with Crippen molar-refractivity contribution in [3.05, 3.63) is 188 Å². The molecule has 0 radical (unpaired) electrons. The molecule has 0 saturated heterocycles. The molecule has 3 nitrogen and oxygen atoms in total. The second kappa shape index (κ2) is 11.7. The fourth-order valence-electron chi connectivity index (χ4n) is 8.05. The van der Waals surface area contributed by atoms with Gasteiger partial charge in [-0.25, -0.2) is 0 Å². The lowest BCUT2D eigenvalue weighted by Gasteiger charge is -2.26. The van der Waals surface area contributed by atoms with Crippen LogP contribution in [0.15, 0.2) is 197 Å². The third-order valence-electron chi connectivity index (χ3n) is 10.6. The van der Waals surface area contributed by atoms with E-state index in [4.69, 9.17) is 8.83 Å². The van der Waals surface area contributed by atoms with E-state index in [1.54, 1.807) is 0 Å². The smallest absolute Gasteiger partial charge is 0.143 e. The summed E-state index contributed by atoms with van der Waals surface area (Å²) < 4.78 is 13.1. The maximum atomic E-state index is 6.64. The van der Waals surface area contributed by atoms with Gasteiger partial charge in [0.2, 0.25) is 0 Å². The first kappa shape index (κ1) is 29.6. The quantitative estimate of drug-likeness (QED) is 0.182. The second-order valence-corrected chi connectivity index (χ2v) is 13.7. The molecule has 0 aliphatic carbocycles. The molecule has 248 valence electrons. The zero-order valence-corrected chi connectivity index (χ0v) is 28.7. The molecule has 0 atom stereocenters. The third kappa shape index (κ3) is 4.82. The van der Waals surface area contributed by atoms with Crippen LogP contribution >= 0.6 is 0 Å². The van der Waals surface area contributed by atoms with Crippen molar-refractivity contribution < 1.29 is 8.83 Å². The highest BCUT2D eigenvalue weighted by molar-refractivity contribution is 6.19. The Hall–Kier alpha value is -7.10. The van der Waals surface area contributed by atoms with Gasteiger partial charge in [0.1, 0.15) is 22.3 Å². The summed E-state index contributed by atoms with van der Waals surface area (Å²) in [6.07, 6.45) is 0. The van der Waals surface area contributed by atoms with Crippen molar-refractivity contribution in [2.24, 2.45) is 0 Å². The number of benzene rings is 9. The Labute approximate surface area is 305 Å². The van der Waals surface area contributed by atoms with Crippen LogP contribution in [0, 0.1) is 0 Å². The topological polar surface area (TPSA) is 29.5 Å². The fourth-order valence-corrected chi connectivity index (χ4v) is 8.05. The Bertz CT molecular complexity index is 3180. The van der Waals surface area contributed by atoms with Gasteiger partial charge in [0, 0.05) is 39.0 Å². The molecular weight excluding hydrogens is 647 g/mol. The largest absolute Gasteiger partial charge is 0.456 e. The first-order valence-electron chi connectivity index (χ1n) is 18.0. The van der Waals surface area contributed by atoms with E-state index in [0.29, 0.717) is 0 Å². The first-order chi connectivity index (χ1) is 26.2. The molecule has 0 fully saturated rings. The predicted octanol–water partition coefficient (Wildman–Crippen LogP) is 14.6. The summed E-state index contributed by atoms with van der Waals surface area (Å²) in [5.74, 6) is 0. The Kier molecular flexibility index (Phi) is 6.55. The van der Waals surface area contributed by atoms with Gasteiger partial charge in [0.25, 0.3) is 0 Å². The van der Waals surface area contributed by atoms with Crippen LogP contribution in [-0.4, -0.2) is 0 Å². The molecular formula is C50H31NO2. The molecule has 11 rings (SSSR count). The number of nitrogens with zero attached hydrogens (tertiary/aromatic N) is 1. The lowest BCUT2D eigenvalue weighted by atomic mass is 9.97. The van der Waals surface area contributed by atoms with E-state index >= 15 is 0 Å². The van der Waals surface area contributed by atoms with Crippen molar-refractivity contribution in [2.45, 2.75) is 0 Å². The molecule has 2 heterocycles. The first-order valence-corrected chi connectivity index (χ1v) is 18.0. The SMILES string of the molecule is c1cc(-c2ccc(N(c3ccc4c(c3)oc3ccccc34)c3cccc4oc5c6ccccc6ccc5c34)cc2)cc(-c2ccc3ccccc3c2)c1. The van der Waals surface area contributed by atoms with Gasteiger partial charge in [-0.05, 0) is 99.1 Å². The maximum Gasteiger partial charge on any atom is 0.143 e. The summed E-state index contributed by atoms with van der Waals surface area (Å²) in [4.78, 5) is 2.33. The monoisotopic (exact) mass is 677 g/mol. The molecule has 2 aromatic heterocycles. The number of furan rings is 2. The van der Waals surface area contributed by atoms with Gasteiger partial charge in [-0.1, -0.05) is 121 Å². The molecule has 53 heavy (non-hydrogen) atoms. The minimum atomic E-state index is 0.853. The van der Waals surface area contributed by atoms with Gasteiger partial charge in [-0.2, -0.15) is 0 Å². The zero-order valence-electron chi connectivity index (χ0n) is 28.7. The minimum absolute atomic E-state index is 0.853. The Morgan fingerprint density at radius 1 is 0.321 bits per heavy atom. The molecule has 0 N–H and O–H groups in total. The van der Waals surface area contributed by atoms with E-state index in [1.165, 1.54) is 27.5 Å². The van der Waals surface area contributed by atoms with Gasteiger partial charge in [-0.15, -0.1) is 0 Å². The highest BCUT2D eigenvalue weighted by atomic mass is 16.3. The van der Waals surface area contributed by atoms with E-state index < -0.39 is 0 Å². The molecule has 0 bridgehead atoms. The molecule has 0 amide bonds. The summed E-state index contributed by atoms with van der Waals surface area (Å²) in [6.45, 7) is 0. The van der Waals surface area contributed by atoms with E-state index in [0.717, 1.165) is 77.3 Å². The fraction of sp³-hybridized carbons (Fsp3) is 0. The number of anilines is 3. The van der Waals surface area contributed by atoms with E-state index in [2.05, 4.69) is 181 Å². The Morgan fingerprint density at radius 2 is 0.943 bits per heavy atom. The van der Waals surface area contributed by atoms with Crippen molar-refractivity contribution >= 4 is 82.5 Å². The number of para-hydroxylation sites is 1. The van der Waals surface area contributed by atoms with Crippen molar-refractivity contribution in [1.82, 2.24) is 0 Å². The van der Waals surface area contributed by atoms with Crippen LogP contribution in [0.2, 0.25) is 0 Å².